The average Bonchev–Trinajstić information content (AvgIpc) is 2.89. The van der Waals surface area contributed by atoms with Crippen molar-refractivity contribution in [2.24, 2.45) is 0 Å². The highest BCUT2D eigenvalue weighted by Gasteiger charge is 2.26. The normalized spacial score (nSPS) is 17.3. The summed E-state index contributed by atoms with van der Waals surface area (Å²) in [4.78, 5) is 12.1. The van der Waals surface area contributed by atoms with Crippen LogP contribution in [-0.2, 0) is 9.53 Å². The van der Waals surface area contributed by atoms with Gasteiger partial charge >= 0.3 is 5.97 Å². The van der Waals surface area contributed by atoms with E-state index in [1.807, 2.05) is 6.07 Å². The molecule has 1 aromatic carbocycles. The number of hydrogen-bond donors (Lipinski definition) is 2. The predicted octanol–water partition coefficient (Wildman–Crippen LogP) is 2.53. The topological polar surface area (TPSA) is 58.6 Å². The molecule has 2 rings (SSSR count). The zero-order valence-electron chi connectivity index (χ0n) is 11.3. The fourth-order valence-corrected chi connectivity index (χ4v) is 2.56. The van der Waals surface area contributed by atoms with Crippen LogP contribution in [0.3, 0.4) is 0 Å². The number of carbonyl (C=O) groups excluding carboxylic acids is 1. The summed E-state index contributed by atoms with van der Waals surface area (Å²) in [5.41, 5.74) is 0.755. The predicted molar refractivity (Wildman–Crippen MR) is 72.9 cm³/mol. The summed E-state index contributed by atoms with van der Waals surface area (Å²) >= 11 is 0. The van der Waals surface area contributed by atoms with E-state index in [0.29, 0.717) is 12.6 Å². The Balaban J connectivity index is 2.15. The van der Waals surface area contributed by atoms with Crippen molar-refractivity contribution in [2.75, 3.05) is 6.61 Å². The SMILES string of the molecule is CCOC(=O)C(NC1CCCC1)c1cccc(O)c1. The minimum Gasteiger partial charge on any atom is -0.508 e. The minimum absolute atomic E-state index is 0.167. The lowest BCUT2D eigenvalue weighted by molar-refractivity contribution is -0.146. The van der Waals surface area contributed by atoms with Crippen molar-refractivity contribution in [2.45, 2.75) is 44.7 Å². The van der Waals surface area contributed by atoms with Crippen molar-refractivity contribution in [3.8, 4) is 5.75 Å². The molecule has 0 spiro atoms. The molecule has 2 N–H and O–H groups in total. The standard InChI is InChI=1S/C15H21NO3/c1-2-19-15(18)14(16-12-7-3-4-8-12)11-6-5-9-13(17)10-11/h5-6,9-10,12,14,16-17H,2-4,7-8H2,1H3. The van der Waals surface area contributed by atoms with Crippen LogP contribution in [0.25, 0.3) is 0 Å². The van der Waals surface area contributed by atoms with E-state index in [1.54, 1.807) is 25.1 Å². The van der Waals surface area contributed by atoms with Crippen LogP contribution in [-0.4, -0.2) is 23.7 Å². The number of phenols is 1. The van der Waals surface area contributed by atoms with Gasteiger partial charge < -0.3 is 9.84 Å². The molecule has 0 heterocycles. The summed E-state index contributed by atoms with van der Waals surface area (Å²) in [6.45, 7) is 2.16. The van der Waals surface area contributed by atoms with E-state index < -0.39 is 6.04 Å². The van der Waals surface area contributed by atoms with Gasteiger partial charge in [0, 0.05) is 6.04 Å². The summed E-state index contributed by atoms with van der Waals surface area (Å²) in [6.07, 6.45) is 4.59. The Morgan fingerprint density at radius 3 is 2.84 bits per heavy atom. The highest BCUT2D eigenvalue weighted by molar-refractivity contribution is 5.77. The van der Waals surface area contributed by atoms with Crippen LogP contribution >= 0.6 is 0 Å². The monoisotopic (exact) mass is 263 g/mol. The van der Waals surface area contributed by atoms with Crippen molar-refractivity contribution in [1.82, 2.24) is 5.32 Å². The summed E-state index contributed by atoms with van der Waals surface area (Å²) in [5.74, 6) is -0.111. The molecule has 4 nitrogen and oxygen atoms in total. The average molecular weight is 263 g/mol. The van der Waals surface area contributed by atoms with Crippen molar-refractivity contribution >= 4 is 5.97 Å². The van der Waals surface area contributed by atoms with Crippen LogP contribution in [0, 0.1) is 0 Å². The van der Waals surface area contributed by atoms with Crippen LogP contribution in [0.1, 0.15) is 44.2 Å². The molecular formula is C15H21NO3. The van der Waals surface area contributed by atoms with E-state index in [4.69, 9.17) is 4.74 Å². The highest BCUT2D eigenvalue weighted by atomic mass is 16.5. The Hall–Kier alpha value is -1.55. The molecule has 1 saturated carbocycles. The van der Waals surface area contributed by atoms with Gasteiger partial charge in [-0.25, -0.2) is 4.79 Å². The highest BCUT2D eigenvalue weighted by Crippen LogP contribution is 2.24. The van der Waals surface area contributed by atoms with Gasteiger partial charge in [-0.2, -0.15) is 0 Å². The molecule has 1 aliphatic rings. The Morgan fingerprint density at radius 1 is 1.47 bits per heavy atom. The molecule has 0 saturated heterocycles. The fraction of sp³-hybridized carbons (Fsp3) is 0.533. The number of nitrogens with one attached hydrogen (secondary N) is 1. The van der Waals surface area contributed by atoms with E-state index in [1.165, 1.54) is 12.8 Å². The van der Waals surface area contributed by atoms with E-state index in [-0.39, 0.29) is 11.7 Å². The summed E-state index contributed by atoms with van der Waals surface area (Å²) < 4.78 is 5.13. The van der Waals surface area contributed by atoms with Gasteiger partial charge in [-0.1, -0.05) is 25.0 Å². The lowest BCUT2D eigenvalue weighted by Crippen LogP contribution is -2.36. The molecule has 104 valence electrons. The first-order valence-corrected chi connectivity index (χ1v) is 6.92. The fourth-order valence-electron chi connectivity index (χ4n) is 2.56. The Bertz CT molecular complexity index is 427. The minimum atomic E-state index is -0.491. The molecular weight excluding hydrogens is 242 g/mol. The van der Waals surface area contributed by atoms with E-state index >= 15 is 0 Å². The van der Waals surface area contributed by atoms with Crippen molar-refractivity contribution < 1.29 is 14.6 Å². The zero-order chi connectivity index (χ0) is 13.7. The Morgan fingerprint density at radius 2 is 2.21 bits per heavy atom. The van der Waals surface area contributed by atoms with Crippen LogP contribution in [0.4, 0.5) is 0 Å². The molecule has 0 aliphatic heterocycles. The third-order valence-electron chi connectivity index (χ3n) is 3.48. The van der Waals surface area contributed by atoms with Gasteiger partial charge in [0.25, 0.3) is 0 Å². The largest absolute Gasteiger partial charge is 0.508 e. The lowest BCUT2D eigenvalue weighted by Gasteiger charge is -2.22. The molecule has 0 radical (unpaired) electrons. The maximum Gasteiger partial charge on any atom is 0.327 e. The number of ether oxygens (including phenoxy) is 1. The summed E-state index contributed by atoms with van der Waals surface area (Å²) in [7, 11) is 0. The number of aromatic hydroxyl groups is 1. The molecule has 0 amide bonds. The number of esters is 1. The Labute approximate surface area is 113 Å². The van der Waals surface area contributed by atoms with E-state index in [0.717, 1.165) is 18.4 Å². The van der Waals surface area contributed by atoms with Crippen LogP contribution in [0.15, 0.2) is 24.3 Å². The van der Waals surface area contributed by atoms with Gasteiger partial charge in [-0.15, -0.1) is 0 Å². The van der Waals surface area contributed by atoms with E-state index in [2.05, 4.69) is 5.32 Å². The molecule has 4 heteroatoms. The number of phenolic OH excluding ortho intramolecular Hbond substituents is 1. The third kappa shape index (κ3) is 3.70. The summed E-state index contributed by atoms with van der Waals surface area (Å²) in [5, 5.41) is 12.9. The van der Waals surface area contributed by atoms with Crippen LogP contribution in [0.2, 0.25) is 0 Å². The van der Waals surface area contributed by atoms with Crippen molar-refractivity contribution in [1.29, 1.82) is 0 Å². The van der Waals surface area contributed by atoms with Crippen molar-refractivity contribution in [3.63, 3.8) is 0 Å². The Kier molecular flexibility index (Phi) is 4.80. The molecule has 1 aliphatic carbocycles. The lowest BCUT2D eigenvalue weighted by atomic mass is 10.0. The maximum absolute atomic E-state index is 12.1. The molecule has 19 heavy (non-hydrogen) atoms. The second-order valence-electron chi connectivity index (χ2n) is 4.93. The van der Waals surface area contributed by atoms with Gasteiger partial charge in [-0.05, 0) is 37.5 Å². The second kappa shape index (κ2) is 6.57. The van der Waals surface area contributed by atoms with Gasteiger partial charge in [0.2, 0.25) is 0 Å². The first-order chi connectivity index (χ1) is 9.20. The molecule has 1 unspecified atom stereocenters. The quantitative estimate of drug-likeness (QED) is 0.801. The first kappa shape index (κ1) is 13.9. The van der Waals surface area contributed by atoms with Crippen molar-refractivity contribution in [3.05, 3.63) is 29.8 Å². The van der Waals surface area contributed by atoms with Crippen LogP contribution < -0.4 is 5.32 Å². The van der Waals surface area contributed by atoms with E-state index in [9.17, 15) is 9.90 Å². The van der Waals surface area contributed by atoms with Gasteiger partial charge in [0.15, 0.2) is 0 Å². The number of carbonyl (C=O) groups is 1. The second-order valence-corrected chi connectivity index (χ2v) is 4.93. The van der Waals surface area contributed by atoms with Gasteiger partial charge in [0.05, 0.1) is 6.61 Å². The smallest absolute Gasteiger partial charge is 0.327 e. The molecule has 1 aromatic rings. The number of rotatable bonds is 5. The number of benzene rings is 1. The molecule has 0 aromatic heterocycles. The maximum atomic E-state index is 12.1. The van der Waals surface area contributed by atoms with Crippen LogP contribution in [0.5, 0.6) is 5.75 Å². The van der Waals surface area contributed by atoms with Gasteiger partial charge in [-0.3, -0.25) is 5.32 Å². The molecule has 1 atom stereocenters. The third-order valence-corrected chi connectivity index (χ3v) is 3.48. The zero-order valence-corrected chi connectivity index (χ0v) is 11.3. The number of hydrogen-bond acceptors (Lipinski definition) is 4. The molecule has 0 bridgehead atoms. The summed E-state index contributed by atoms with van der Waals surface area (Å²) in [6, 6.07) is 6.66. The first-order valence-electron chi connectivity index (χ1n) is 6.92. The van der Waals surface area contributed by atoms with Gasteiger partial charge in [0.1, 0.15) is 11.8 Å². The molecule has 1 fully saturated rings.